The number of benzene rings is 3. The Labute approximate surface area is 250 Å². The zero-order valence-corrected chi connectivity index (χ0v) is 24.9. The summed E-state index contributed by atoms with van der Waals surface area (Å²) in [6.07, 6.45) is -0.814. The fraction of sp³-hybridized carbons (Fsp3) is 0.394. The Kier molecular flexibility index (Phi) is 9.18. The molecule has 1 fully saturated rings. The number of hydrogen-bond donors (Lipinski definition) is 1. The fourth-order valence-electron chi connectivity index (χ4n) is 5.63. The summed E-state index contributed by atoms with van der Waals surface area (Å²) in [5.41, 5.74) is 11.3. The van der Waals surface area contributed by atoms with E-state index < -0.39 is 6.36 Å². The number of aromatic nitrogens is 1. The van der Waals surface area contributed by atoms with E-state index in [0.717, 1.165) is 91.3 Å². The summed E-state index contributed by atoms with van der Waals surface area (Å²) < 4.78 is 44.4. The van der Waals surface area contributed by atoms with Crippen LogP contribution < -0.4 is 10.5 Å². The predicted molar refractivity (Wildman–Crippen MR) is 164 cm³/mol. The number of nitrogens with zero attached hydrogens (tertiary/aromatic N) is 3. The van der Waals surface area contributed by atoms with Crippen molar-refractivity contribution in [2.45, 2.75) is 58.2 Å². The van der Waals surface area contributed by atoms with E-state index in [-0.39, 0.29) is 11.3 Å². The molecule has 4 aromatic rings. The molecule has 5 nitrogen and oxygen atoms in total. The predicted octanol–water partition coefficient (Wildman–Crippen LogP) is 7.70. The van der Waals surface area contributed by atoms with Crippen LogP contribution in [0.15, 0.2) is 72.9 Å². The van der Waals surface area contributed by atoms with Crippen molar-refractivity contribution >= 4 is 22.5 Å². The maximum atomic E-state index is 12.7. The molecule has 42 heavy (non-hydrogen) atoms. The maximum absolute atomic E-state index is 12.7. The van der Waals surface area contributed by atoms with Gasteiger partial charge in [0.15, 0.2) is 0 Å². The second-order valence-corrected chi connectivity index (χ2v) is 12.3. The van der Waals surface area contributed by atoms with Crippen molar-refractivity contribution in [1.29, 1.82) is 0 Å². The van der Waals surface area contributed by atoms with Gasteiger partial charge in [0.05, 0.1) is 0 Å². The second kappa shape index (κ2) is 12.7. The molecular formula is C33H38ClF3N4O. The monoisotopic (exact) mass is 598 g/mol. The summed E-state index contributed by atoms with van der Waals surface area (Å²) in [4.78, 5) is 4.90. The van der Waals surface area contributed by atoms with Crippen LogP contribution in [0.1, 0.15) is 37.8 Å². The Morgan fingerprint density at radius 3 is 2.19 bits per heavy atom. The molecule has 0 radical (unpaired) electrons. The van der Waals surface area contributed by atoms with Gasteiger partial charge in [0, 0.05) is 79.0 Å². The van der Waals surface area contributed by atoms with Gasteiger partial charge in [-0.2, -0.15) is 0 Å². The van der Waals surface area contributed by atoms with Crippen LogP contribution >= 0.6 is 11.6 Å². The lowest BCUT2D eigenvalue weighted by Gasteiger charge is -2.35. The number of alkyl halides is 3. The zero-order chi connectivity index (χ0) is 29.9. The van der Waals surface area contributed by atoms with Crippen LogP contribution in [0.25, 0.3) is 22.0 Å². The Morgan fingerprint density at radius 1 is 0.881 bits per heavy atom. The first kappa shape index (κ1) is 30.4. The van der Waals surface area contributed by atoms with Crippen LogP contribution in [0.3, 0.4) is 0 Å². The van der Waals surface area contributed by atoms with Crippen molar-refractivity contribution in [1.82, 2.24) is 14.4 Å². The van der Waals surface area contributed by atoms with E-state index in [4.69, 9.17) is 17.3 Å². The van der Waals surface area contributed by atoms with Gasteiger partial charge >= 0.3 is 6.36 Å². The van der Waals surface area contributed by atoms with Crippen molar-refractivity contribution in [3.8, 4) is 16.9 Å². The fourth-order valence-corrected chi connectivity index (χ4v) is 5.83. The van der Waals surface area contributed by atoms with E-state index in [0.29, 0.717) is 0 Å². The summed E-state index contributed by atoms with van der Waals surface area (Å²) in [5, 5.41) is 1.89. The van der Waals surface area contributed by atoms with Gasteiger partial charge in [-0.15, -0.1) is 13.2 Å². The van der Waals surface area contributed by atoms with Crippen LogP contribution in [-0.2, 0) is 19.6 Å². The number of ether oxygens (including phenoxy) is 1. The first-order chi connectivity index (χ1) is 19.9. The summed E-state index contributed by atoms with van der Waals surface area (Å²) in [7, 11) is 0. The van der Waals surface area contributed by atoms with Gasteiger partial charge in [-0.3, -0.25) is 9.80 Å². The number of fused-ring (bicyclic) bond motifs is 1. The molecule has 0 bridgehead atoms. The number of hydrogen-bond acceptors (Lipinski definition) is 4. The highest BCUT2D eigenvalue weighted by atomic mass is 35.5. The number of nitrogens with two attached hydrogens (primary N) is 1. The molecule has 0 atom stereocenters. The molecule has 0 spiro atoms. The molecule has 1 saturated heterocycles. The van der Waals surface area contributed by atoms with E-state index in [1.54, 1.807) is 12.1 Å². The largest absolute Gasteiger partial charge is 0.573 e. The quantitative estimate of drug-likeness (QED) is 0.203. The Bertz CT molecular complexity index is 1490. The van der Waals surface area contributed by atoms with Crippen molar-refractivity contribution < 1.29 is 17.9 Å². The van der Waals surface area contributed by atoms with Crippen LogP contribution in [0.2, 0.25) is 5.02 Å². The molecule has 1 aromatic heterocycles. The van der Waals surface area contributed by atoms with Gasteiger partial charge in [-0.25, -0.2) is 0 Å². The van der Waals surface area contributed by atoms with E-state index in [9.17, 15) is 13.2 Å². The maximum Gasteiger partial charge on any atom is 0.573 e. The summed E-state index contributed by atoms with van der Waals surface area (Å²) in [5.74, 6) is -0.227. The molecule has 2 N–H and O–H groups in total. The van der Waals surface area contributed by atoms with Crippen LogP contribution in [0, 0.1) is 0 Å². The van der Waals surface area contributed by atoms with Gasteiger partial charge in [0.25, 0.3) is 0 Å². The lowest BCUT2D eigenvalue weighted by molar-refractivity contribution is -0.274. The van der Waals surface area contributed by atoms with Crippen LogP contribution in [-0.4, -0.2) is 52.4 Å². The van der Waals surface area contributed by atoms with Crippen molar-refractivity contribution in [3.05, 3.63) is 89.1 Å². The molecular weight excluding hydrogens is 561 g/mol. The molecule has 3 aromatic carbocycles. The van der Waals surface area contributed by atoms with Gasteiger partial charge in [-0.05, 0) is 73.7 Å². The van der Waals surface area contributed by atoms with E-state index in [1.807, 2.05) is 32.0 Å². The van der Waals surface area contributed by atoms with E-state index in [1.165, 1.54) is 17.7 Å². The Balaban J connectivity index is 1.33. The molecule has 0 unspecified atom stereocenters. The Hall–Kier alpha value is -3.04. The van der Waals surface area contributed by atoms with Crippen LogP contribution in [0.4, 0.5) is 13.2 Å². The summed E-state index contributed by atoms with van der Waals surface area (Å²) in [6, 6.07) is 20.7. The smallest absolute Gasteiger partial charge is 0.406 e. The minimum absolute atomic E-state index is 0.227. The summed E-state index contributed by atoms with van der Waals surface area (Å²) >= 11 is 6.37. The second-order valence-electron chi connectivity index (χ2n) is 11.9. The van der Waals surface area contributed by atoms with Crippen molar-refractivity contribution in [2.75, 3.05) is 26.2 Å². The third-order valence-electron chi connectivity index (χ3n) is 7.79. The minimum Gasteiger partial charge on any atom is -0.406 e. The number of rotatable bonds is 10. The first-order valence-corrected chi connectivity index (χ1v) is 14.8. The molecule has 5 rings (SSSR count). The van der Waals surface area contributed by atoms with Gasteiger partial charge in [0.2, 0.25) is 0 Å². The lowest BCUT2D eigenvalue weighted by Crippen LogP contribution is -2.45. The molecule has 1 aliphatic rings. The molecule has 9 heteroatoms. The highest BCUT2D eigenvalue weighted by Gasteiger charge is 2.31. The van der Waals surface area contributed by atoms with E-state index >= 15 is 0 Å². The SMILES string of the molecule is CC(C)(N)CCCn1cc(-c2ccc(OC(F)(F)F)cc2)c2cc(CN3CCN(Cc4ccccc4Cl)CC3)ccc21. The topological polar surface area (TPSA) is 46.7 Å². The summed E-state index contributed by atoms with van der Waals surface area (Å²) in [6.45, 7) is 10.4. The van der Waals surface area contributed by atoms with Gasteiger partial charge in [0.1, 0.15) is 5.75 Å². The average molecular weight is 599 g/mol. The van der Waals surface area contributed by atoms with E-state index in [2.05, 4.69) is 49.6 Å². The molecule has 2 heterocycles. The standard InChI is InChI=1S/C33H38ClF3N4O/c1-32(2,38)14-5-15-41-23-29(25-9-11-27(12-10-25)42-33(35,36)37)28-20-24(8-13-31(28)41)21-39-16-18-40(19-17-39)22-26-6-3-4-7-30(26)34/h3-4,6-13,20,23H,5,14-19,21-22,38H2,1-2H3. The zero-order valence-electron chi connectivity index (χ0n) is 24.1. The lowest BCUT2D eigenvalue weighted by atomic mass is 10.0. The molecule has 224 valence electrons. The number of aryl methyl sites for hydroxylation is 1. The average Bonchev–Trinajstić information content (AvgIpc) is 3.27. The van der Waals surface area contributed by atoms with Crippen molar-refractivity contribution in [3.63, 3.8) is 0 Å². The third kappa shape index (κ3) is 8.07. The normalized spacial score (nSPS) is 15.4. The van der Waals surface area contributed by atoms with Crippen molar-refractivity contribution in [2.24, 2.45) is 5.73 Å². The highest BCUT2D eigenvalue weighted by Crippen LogP contribution is 2.34. The number of piperazine rings is 1. The first-order valence-electron chi connectivity index (χ1n) is 14.4. The van der Waals surface area contributed by atoms with Gasteiger partial charge in [-0.1, -0.05) is 48.0 Å². The molecule has 0 amide bonds. The minimum atomic E-state index is -4.72. The number of halogens is 4. The molecule has 1 aliphatic heterocycles. The molecule has 0 saturated carbocycles. The molecule has 0 aliphatic carbocycles. The van der Waals surface area contributed by atoms with Crippen LogP contribution in [0.5, 0.6) is 5.75 Å². The highest BCUT2D eigenvalue weighted by molar-refractivity contribution is 6.31. The third-order valence-corrected chi connectivity index (χ3v) is 8.16. The Morgan fingerprint density at radius 2 is 1.55 bits per heavy atom. The van der Waals surface area contributed by atoms with Gasteiger partial charge < -0.3 is 15.0 Å².